The van der Waals surface area contributed by atoms with Crippen LogP contribution in [0.15, 0.2) is 0 Å². The molecule has 2 fully saturated rings. The van der Waals surface area contributed by atoms with Crippen molar-refractivity contribution in [3.8, 4) is 0 Å². The molecule has 1 saturated heterocycles. The quantitative estimate of drug-likeness (QED) is 0.668. The molecule has 1 aliphatic carbocycles. The zero-order valence-corrected chi connectivity index (χ0v) is 11.0. The van der Waals surface area contributed by atoms with Crippen molar-refractivity contribution in [1.29, 1.82) is 0 Å². The molecule has 2 aliphatic rings. The first kappa shape index (κ1) is 12.3. The fraction of sp³-hybridized carbons (Fsp3) is 1.00. The van der Waals surface area contributed by atoms with E-state index in [9.17, 15) is 0 Å². The first-order valence-electron chi connectivity index (χ1n) is 6.72. The Morgan fingerprint density at radius 3 is 2.25 bits per heavy atom. The number of rotatable bonds is 5. The molecule has 0 N–H and O–H groups in total. The second kappa shape index (κ2) is 5.48. The summed E-state index contributed by atoms with van der Waals surface area (Å²) < 4.78 is 5.46. The molecule has 1 aliphatic heterocycles. The molecule has 1 heterocycles. The largest absolute Gasteiger partial charge is 0.381 e. The topological polar surface area (TPSA) is 15.7 Å². The van der Waals surface area contributed by atoms with Gasteiger partial charge in [-0.2, -0.15) is 0 Å². The molecule has 1 saturated carbocycles. The molecule has 0 radical (unpaired) electrons. The van der Waals surface area contributed by atoms with E-state index in [2.05, 4.69) is 31.0 Å². The van der Waals surface area contributed by atoms with E-state index in [4.69, 9.17) is 4.74 Å². The van der Waals surface area contributed by atoms with Crippen LogP contribution in [0.2, 0.25) is 0 Å². The van der Waals surface area contributed by atoms with Crippen molar-refractivity contribution in [2.24, 2.45) is 5.92 Å². The summed E-state index contributed by atoms with van der Waals surface area (Å²) in [7, 11) is 4.36. The summed E-state index contributed by atoms with van der Waals surface area (Å²) in [5.74, 6) is 1.01. The second-order valence-corrected chi connectivity index (χ2v) is 5.60. The first-order chi connectivity index (χ1) is 7.68. The summed E-state index contributed by atoms with van der Waals surface area (Å²) >= 11 is 0. The molecule has 0 amide bonds. The molecule has 0 aromatic heterocycles. The third-order valence-corrected chi connectivity index (χ3v) is 3.85. The SMILES string of the molecule is CC(CC1CC1)N(C1CCOCC1)N(C)C. The van der Waals surface area contributed by atoms with E-state index in [1.54, 1.807) is 0 Å². The van der Waals surface area contributed by atoms with Crippen molar-refractivity contribution >= 4 is 0 Å². The van der Waals surface area contributed by atoms with E-state index in [0.29, 0.717) is 12.1 Å². The van der Waals surface area contributed by atoms with E-state index < -0.39 is 0 Å². The van der Waals surface area contributed by atoms with Gasteiger partial charge in [0, 0.05) is 39.4 Å². The van der Waals surface area contributed by atoms with Crippen LogP contribution in [-0.4, -0.2) is 49.4 Å². The minimum absolute atomic E-state index is 0.686. The van der Waals surface area contributed by atoms with Gasteiger partial charge in [-0.05, 0) is 32.1 Å². The van der Waals surface area contributed by atoms with Gasteiger partial charge in [0.25, 0.3) is 0 Å². The number of hydrazine groups is 1. The number of hydrogen-bond donors (Lipinski definition) is 0. The molecule has 2 rings (SSSR count). The maximum absolute atomic E-state index is 5.46. The summed E-state index contributed by atoms with van der Waals surface area (Å²) in [6.45, 7) is 4.25. The maximum atomic E-state index is 5.46. The Morgan fingerprint density at radius 2 is 1.75 bits per heavy atom. The van der Waals surface area contributed by atoms with Crippen molar-refractivity contribution in [1.82, 2.24) is 10.0 Å². The molecule has 94 valence electrons. The Morgan fingerprint density at radius 1 is 1.12 bits per heavy atom. The highest BCUT2D eigenvalue weighted by Gasteiger charge is 2.31. The lowest BCUT2D eigenvalue weighted by molar-refractivity contribution is -0.0894. The van der Waals surface area contributed by atoms with Crippen molar-refractivity contribution in [2.45, 2.75) is 51.1 Å². The minimum Gasteiger partial charge on any atom is -0.381 e. The van der Waals surface area contributed by atoms with Crippen LogP contribution in [0, 0.1) is 5.92 Å². The second-order valence-electron chi connectivity index (χ2n) is 5.60. The Kier molecular flexibility index (Phi) is 4.22. The van der Waals surface area contributed by atoms with Gasteiger partial charge in [-0.15, -0.1) is 0 Å². The van der Waals surface area contributed by atoms with Crippen molar-refractivity contribution in [3.05, 3.63) is 0 Å². The zero-order valence-electron chi connectivity index (χ0n) is 11.0. The molecule has 3 nitrogen and oxygen atoms in total. The van der Waals surface area contributed by atoms with Crippen LogP contribution in [0.3, 0.4) is 0 Å². The van der Waals surface area contributed by atoms with Crippen molar-refractivity contribution < 1.29 is 4.74 Å². The Balaban J connectivity index is 1.90. The van der Waals surface area contributed by atoms with Gasteiger partial charge in [0.15, 0.2) is 0 Å². The summed E-state index contributed by atoms with van der Waals surface area (Å²) in [6.07, 6.45) is 6.66. The third kappa shape index (κ3) is 3.19. The number of ether oxygens (including phenoxy) is 1. The van der Waals surface area contributed by atoms with Crippen molar-refractivity contribution in [3.63, 3.8) is 0 Å². The summed E-state index contributed by atoms with van der Waals surface area (Å²) in [5, 5.41) is 4.88. The molecular formula is C13H26N2O. The lowest BCUT2D eigenvalue weighted by Gasteiger charge is -2.42. The molecular weight excluding hydrogens is 200 g/mol. The smallest absolute Gasteiger partial charge is 0.0481 e. The van der Waals surface area contributed by atoms with E-state index >= 15 is 0 Å². The monoisotopic (exact) mass is 226 g/mol. The maximum Gasteiger partial charge on any atom is 0.0481 e. The lowest BCUT2D eigenvalue weighted by Crippen LogP contribution is -2.51. The van der Waals surface area contributed by atoms with Crippen LogP contribution in [0.5, 0.6) is 0 Å². The molecule has 16 heavy (non-hydrogen) atoms. The number of hydrogen-bond acceptors (Lipinski definition) is 3. The average Bonchev–Trinajstić information content (AvgIpc) is 3.03. The van der Waals surface area contributed by atoms with Gasteiger partial charge in [-0.1, -0.05) is 12.8 Å². The normalized spacial score (nSPS) is 25.3. The molecule has 1 unspecified atom stereocenters. The van der Waals surface area contributed by atoms with E-state index in [-0.39, 0.29) is 0 Å². The molecule has 0 bridgehead atoms. The number of nitrogens with zero attached hydrogens (tertiary/aromatic N) is 2. The summed E-state index contributed by atoms with van der Waals surface area (Å²) in [5.41, 5.74) is 0. The standard InChI is InChI=1S/C13H26N2O/c1-11(10-12-4-5-12)15(14(2)3)13-6-8-16-9-7-13/h11-13H,4-10H2,1-3H3. The van der Waals surface area contributed by atoms with Gasteiger partial charge < -0.3 is 4.74 Å². The molecule has 1 atom stereocenters. The molecule has 0 spiro atoms. The highest BCUT2D eigenvalue weighted by molar-refractivity contribution is 4.82. The molecule has 3 heteroatoms. The van der Waals surface area contributed by atoms with Gasteiger partial charge in [-0.25, -0.2) is 10.0 Å². The Labute approximate surface area is 99.7 Å². The van der Waals surface area contributed by atoms with Crippen LogP contribution in [-0.2, 0) is 4.74 Å². The predicted octanol–water partition coefficient (Wildman–Crippen LogP) is 2.13. The molecule has 0 aromatic rings. The zero-order chi connectivity index (χ0) is 11.5. The highest BCUT2D eigenvalue weighted by atomic mass is 16.5. The predicted molar refractivity (Wildman–Crippen MR) is 66.2 cm³/mol. The van der Waals surface area contributed by atoms with Gasteiger partial charge >= 0.3 is 0 Å². The van der Waals surface area contributed by atoms with Gasteiger partial charge in [0.1, 0.15) is 0 Å². The van der Waals surface area contributed by atoms with Crippen molar-refractivity contribution in [2.75, 3.05) is 27.3 Å². The van der Waals surface area contributed by atoms with Gasteiger partial charge in [0.2, 0.25) is 0 Å². The fourth-order valence-electron chi connectivity index (χ4n) is 2.97. The first-order valence-corrected chi connectivity index (χ1v) is 6.72. The van der Waals surface area contributed by atoms with Crippen LogP contribution < -0.4 is 0 Å². The van der Waals surface area contributed by atoms with Gasteiger partial charge in [-0.3, -0.25) is 0 Å². The van der Waals surface area contributed by atoms with Crippen LogP contribution in [0.1, 0.15) is 39.0 Å². The lowest BCUT2D eigenvalue weighted by atomic mass is 10.0. The molecule has 0 aromatic carbocycles. The van der Waals surface area contributed by atoms with E-state index in [1.807, 2.05) is 0 Å². The van der Waals surface area contributed by atoms with Crippen LogP contribution in [0.25, 0.3) is 0 Å². The average molecular weight is 226 g/mol. The van der Waals surface area contributed by atoms with E-state index in [0.717, 1.165) is 19.1 Å². The Hall–Kier alpha value is -0.120. The van der Waals surface area contributed by atoms with E-state index in [1.165, 1.54) is 32.1 Å². The third-order valence-electron chi connectivity index (χ3n) is 3.85. The van der Waals surface area contributed by atoms with Crippen LogP contribution >= 0.6 is 0 Å². The highest BCUT2D eigenvalue weighted by Crippen LogP contribution is 2.35. The minimum atomic E-state index is 0.686. The summed E-state index contributed by atoms with van der Waals surface area (Å²) in [4.78, 5) is 0. The van der Waals surface area contributed by atoms with Gasteiger partial charge in [0.05, 0.1) is 0 Å². The van der Waals surface area contributed by atoms with Crippen LogP contribution in [0.4, 0.5) is 0 Å². The Bertz CT molecular complexity index is 210. The summed E-state index contributed by atoms with van der Waals surface area (Å²) in [6, 6.07) is 1.38. The fourth-order valence-corrected chi connectivity index (χ4v) is 2.97.